The first-order chi connectivity index (χ1) is 10.2. The predicted molar refractivity (Wildman–Crippen MR) is 83.8 cm³/mol. The number of aromatic nitrogens is 4. The van der Waals surface area contributed by atoms with Crippen LogP contribution in [0.25, 0.3) is 0 Å². The molecule has 9 heteroatoms. The first-order valence-corrected chi connectivity index (χ1v) is 8.04. The van der Waals surface area contributed by atoms with Crippen LogP contribution in [0.2, 0.25) is 5.02 Å². The average Bonchev–Trinajstić information content (AvgIpc) is 2.87. The summed E-state index contributed by atoms with van der Waals surface area (Å²) in [7, 11) is 1.83. The Morgan fingerprint density at radius 3 is 2.91 bits per heavy atom. The van der Waals surface area contributed by atoms with Crippen LogP contribution in [0.5, 0.6) is 5.75 Å². The molecular formula is C13H18Cl2N5OS-. The van der Waals surface area contributed by atoms with Crippen LogP contribution >= 0.6 is 23.4 Å². The zero-order valence-corrected chi connectivity index (χ0v) is 14.8. The van der Waals surface area contributed by atoms with E-state index in [9.17, 15) is 0 Å². The lowest BCUT2D eigenvalue weighted by Gasteiger charge is -2.11. The number of hydrogen-bond donors (Lipinski definition) is 1. The third-order valence-electron chi connectivity index (χ3n) is 2.73. The molecular weight excluding hydrogens is 345 g/mol. The lowest BCUT2D eigenvalue weighted by molar-refractivity contribution is -0.00000500. The Kier molecular flexibility index (Phi) is 8.55. The SMILES string of the molecule is CCOc1ccc(Cl)cc1CNCCSc1nnnn1C.[Cl-]. The van der Waals surface area contributed by atoms with Crippen molar-refractivity contribution >= 4 is 23.4 Å². The maximum Gasteiger partial charge on any atom is 0.209 e. The van der Waals surface area contributed by atoms with Gasteiger partial charge in [0.1, 0.15) is 5.75 Å². The lowest BCUT2D eigenvalue weighted by atomic mass is 10.2. The molecule has 1 aromatic carbocycles. The smallest absolute Gasteiger partial charge is 0.209 e. The number of rotatable bonds is 8. The molecule has 0 bridgehead atoms. The van der Waals surface area contributed by atoms with E-state index in [1.807, 2.05) is 32.2 Å². The Morgan fingerprint density at radius 2 is 2.23 bits per heavy atom. The van der Waals surface area contributed by atoms with Crippen molar-refractivity contribution in [1.29, 1.82) is 0 Å². The maximum absolute atomic E-state index is 6.03. The summed E-state index contributed by atoms with van der Waals surface area (Å²) in [6.07, 6.45) is 0. The van der Waals surface area contributed by atoms with Gasteiger partial charge in [-0.15, -0.1) is 5.10 Å². The number of thioether (sulfide) groups is 1. The molecule has 0 saturated carbocycles. The molecule has 0 aliphatic carbocycles. The van der Waals surface area contributed by atoms with Crippen molar-refractivity contribution in [3.05, 3.63) is 28.8 Å². The van der Waals surface area contributed by atoms with Gasteiger partial charge in [0.2, 0.25) is 5.16 Å². The van der Waals surface area contributed by atoms with Crippen LogP contribution in [0.3, 0.4) is 0 Å². The quantitative estimate of drug-likeness (QED) is 0.487. The maximum atomic E-state index is 6.03. The second kappa shape index (κ2) is 9.89. The fraction of sp³-hybridized carbons (Fsp3) is 0.462. The minimum Gasteiger partial charge on any atom is -1.00 e. The second-order valence-corrected chi connectivity index (χ2v) is 5.79. The monoisotopic (exact) mass is 362 g/mol. The van der Waals surface area contributed by atoms with Crippen LogP contribution in [0.15, 0.2) is 23.4 Å². The fourth-order valence-corrected chi connectivity index (χ4v) is 2.70. The van der Waals surface area contributed by atoms with Crippen molar-refractivity contribution in [2.45, 2.75) is 18.6 Å². The molecule has 0 spiro atoms. The summed E-state index contributed by atoms with van der Waals surface area (Å²) >= 11 is 7.64. The predicted octanol–water partition coefficient (Wildman–Crippen LogP) is -0.852. The van der Waals surface area contributed by atoms with Crippen molar-refractivity contribution < 1.29 is 17.1 Å². The Morgan fingerprint density at radius 1 is 1.41 bits per heavy atom. The topological polar surface area (TPSA) is 64.9 Å². The van der Waals surface area contributed by atoms with Crippen LogP contribution in [0.4, 0.5) is 0 Å². The molecule has 0 amide bonds. The molecule has 0 atom stereocenters. The van der Waals surface area contributed by atoms with E-state index in [0.29, 0.717) is 13.2 Å². The van der Waals surface area contributed by atoms with Gasteiger partial charge in [0, 0.05) is 36.5 Å². The molecule has 1 aromatic heterocycles. The molecule has 122 valence electrons. The molecule has 2 rings (SSSR count). The van der Waals surface area contributed by atoms with Crippen LogP contribution in [-0.2, 0) is 13.6 Å². The third-order valence-corrected chi connectivity index (χ3v) is 3.98. The van der Waals surface area contributed by atoms with E-state index < -0.39 is 0 Å². The summed E-state index contributed by atoms with van der Waals surface area (Å²) in [6, 6.07) is 5.68. The van der Waals surface area contributed by atoms with Crippen molar-refractivity contribution in [2.75, 3.05) is 18.9 Å². The summed E-state index contributed by atoms with van der Waals surface area (Å²) in [4.78, 5) is 0. The van der Waals surface area contributed by atoms with Gasteiger partial charge in [-0.3, -0.25) is 0 Å². The number of hydrogen-bond acceptors (Lipinski definition) is 6. The van der Waals surface area contributed by atoms with E-state index >= 15 is 0 Å². The standard InChI is InChI=1S/C13H18ClN5OS.ClH/c1-3-20-12-5-4-11(14)8-10(12)9-15-6-7-21-13-16-17-18-19(13)2;/h4-5,8,15H,3,6-7,9H2,1-2H3;1H/p-1. The second-order valence-electron chi connectivity index (χ2n) is 4.30. The number of halogens is 2. The minimum atomic E-state index is 0. The van der Waals surface area contributed by atoms with E-state index in [1.54, 1.807) is 16.4 Å². The van der Waals surface area contributed by atoms with E-state index in [4.69, 9.17) is 16.3 Å². The number of ether oxygens (including phenoxy) is 1. The fourth-order valence-electron chi connectivity index (χ4n) is 1.76. The van der Waals surface area contributed by atoms with Gasteiger partial charge >= 0.3 is 0 Å². The van der Waals surface area contributed by atoms with Crippen molar-refractivity contribution in [3.8, 4) is 5.75 Å². The molecule has 22 heavy (non-hydrogen) atoms. The highest BCUT2D eigenvalue weighted by molar-refractivity contribution is 7.99. The van der Waals surface area contributed by atoms with E-state index in [2.05, 4.69) is 20.8 Å². The van der Waals surface area contributed by atoms with Gasteiger partial charge in [-0.1, -0.05) is 23.4 Å². The first-order valence-electron chi connectivity index (χ1n) is 6.67. The molecule has 0 unspecified atom stereocenters. The van der Waals surface area contributed by atoms with Crippen molar-refractivity contribution in [2.24, 2.45) is 7.05 Å². The molecule has 0 radical (unpaired) electrons. The molecule has 1 heterocycles. The van der Waals surface area contributed by atoms with Gasteiger partial charge in [0.25, 0.3) is 0 Å². The molecule has 1 N–H and O–H groups in total. The summed E-state index contributed by atoms with van der Waals surface area (Å²) in [6.45, 7) is 4.17. The number of nitrogens with one attached hydrogen (secondary N) is 1. The van der Waals surface area contributed by atoms with Crippen LogP contribution in [-0.4, -0.2) is 39.1 Å². The van der Waals surface area contributed by atoms with Crippen molar-refractivity contribution in [1.82, 2.24) is 25.5 Å². The first kappa shape index (κ1) is 19.0. The number of tetrazole rings is 1. The van der Waals surface area contributed by atoms with Crippen LogP contribution < -0.4 is 22.5 Å². The zero-order chi connectivity index (χ0) is 15.1. The summed E-state index contributed by atoms with van der Waals surface area (Å²) < 4.78 is 7.25. The van der Waals surface area contributed by atoms with E-state index in [0.717, 1.165) is 33.8 Å². The highest BCUT2D eigenvalue weighted by Gasteiger charge is 2.05. The molecule has 0 saturated heterocycles. The van der Waals surface area contributed by atoms with Gasteiger partial charge in [-0.2, -0.15) is 0 Å². The number of benzene rings is 1. The number of nitrogens with zero attached hydrogens (tertiary/aromatic N) is 4. The summed E-state index contributed by atoms with van der Waals surface area (Å²) in [5.41, 5.74) is 1.06. The number of aryl methyl sites for hydroxylation is 1. The molecule has 0 aliphatic rings. The third kappa shape index (κ3) is 5.64. The van der Waals surface area contributed by atoms with Gasteiger partial charge in [0.15, 0.2) is 0 Å². The normalized spacial score (nSPS) is 10.3. The van der Waals surface area contributed by atoms with Crippen LogP contribution in [0.1, 0.15) is 12.5 Å². The average molecular weight is 363 g/mol. The largest absolute Gasteiger partial charge is 1.00 e. The summed E-state index contributed by atoms with van der Waals surface area (Å²) in [5, 5.41) is 16.2. The van der Waals surface area contributed by atoms with Gasteiger partial charge in [-0.05, 0) is 35.5 Å². The zero-order valence-electron chi connectivity index (χ0n) is 12.4. The Labute approximate surface area is 145 Å². The van der Waals surface area contributed by atoms with E-state index in [-0.39, 0.29) is 12.4 Å². The molecule has 0 fully saturated rings. The highest BCUT2D eigenvalue weighted by atomic mass is 35.5. The molecule has 6 nitrogen and oxygen atoms in total. The summed E-state index contributed by atoms with van der Waals surface area (Å²) in [5.74, 6) is 1.76. The van der Waals surface area contributed by atoms with Gasteiger partial charge in [0.05, 0.1) is 6.61 Å². The Bertz CT molecular complexity index is 581. The highest BCUT2D eigenvalue weighted by Crippen LogP contribution is 2.22. The van der Waals surface area contributed by atoms with Crippen molar-refractivity contribution in [3.63, 3.8) is 0 Å². The van der Waals surface area contributed by atoms with Gasteiger partial charge < -0.3 is 22.5 Å². The van der Waals surface area contributed by atoms with Crippen LogP contribution in [0, 0.1) is 0 Å². The Hall–Kier alpha value is -1.02. The lowest BCUT2D eigenvalue weighted by Crippen LogP contribution is -3.00. The molecule has 0 aliphatic heterocycles. The Balaban J connectivity index is 0.00000242. The van der Waals surface area contributed by atoms with E-state index in [1.165, 1.54) is 0 Å². The molecule has 2 aromatic rings. The minimum absolute atomic E-state index is 0. The van der Waals surface area contributed by atoms with Gasteiger partial charge in [-0.25, -0.2) is 4.68 Å².